The molecule has 1 aliphatic heterocycles. The molecular weight excluding hydrogens is 292 g/mol. The summed E-state index contributed by atoms with van der Waals surface area (Å²) in [5.74, 6) is 0.540. The van der Waals surface area contributed by atoms with E-state index in [-0.39, 0.29) is 12.0 Å². The van der Waals surface area contributed by atoms with E-state index in [0.717, 1.165) is 12.8 Å². The topological polar surface area (TPSA) is 49.9 Å². The second kappa shape index (κ2) is 7.99. The molecule has 0 N–H and O–H groups in total. The maximum absolute atomic E-state index is 12.6. The fourth-order valence-corrected chi connectivity index (χ4v) is 2.80. The van der Waals surface area contributed by atoms with Crippen LogP contribution < -0.4 is 0 Å². The third-order valence-corrected chi connectivity index (χ3v) is 4.55. The molecule has 1 atom stereocenters. The molecule has 1 heterocycles. The lowest BCUT2D eigenvalue weighted by Gasteiger charge is -2.21. The molecule has 126 valence electrons. The lowest BCUT2D eigenvalue weighted by Crippen LogP contribution is -2.37. The average molecular weight is 318 g/mol. The number of hydrogen-bond acceptors (Lipinski definition) is 3. The number of benzene rings is 1. The van der Waals surface area contributed by atoms with Gasteiger partial charge in [0, 0.05) is 31.7 Å². The normalized spacial score (nSPS) is 16.7. The predicted molar refractivity (Wildman–Crippen MR) is 89.6 cm³/mol. The Labute approximate surface area is 138 Å². The van der Waals surface area contributed by atoms with Crippen molar-refractivity contribution in [2.45, 2.75) is 32.6 Å². The zero-order valence-corrected chi connectivity index (χ0v) is 14.2. The lowest BCUT2D eigenvalue weighted by molar-refractivity contribution is 0.0757. The summed E-state index contributed by atoms with van der Waals surface area (Å²) in [7, 11) is 1.38. The molecule has 2 amide bonds. The molecule has 1 saturated heterocycles. The molecule has 1 fully saturated rings. The third kappa shape index (κ3) is 4.24. The Morgan fingerprint density at radius 2 is 1.70 bits per heavy atom. The van der Waals surface area contributed by atoms with E-state index in [1.165, 1.54) is 12.7 Å². The van der Waals surface area contributed by atoms with Crippen molar-refractivity contribution >= 4 is 12.0 Å². The molecule has 23 heavy (non-hydrogen) atoms. The van der Waals surface area contributed by atoms with Gasteiger partial charge in [-0.05, 0) is 36.5 Å². The van der Waals surface area contributed by atoms with Crippen LogP contribution in [0.3, 0.4) is 0 Å². The smallest absolute Gasteiger partial charge is 0.409 e. The van der Waals surface area contributed by atoms with E-state index in [0.29, 0.717) is 37.7 Å². The maximum Gasteiger partial charge on any atom is 0.409 e. The van der Waals surface area contributed by atoms with Gasteiger partial charge >= 0.3 is 6.09 Å². The summed E-state index contributed by atoms with van der Waals surface area (Å²) in [4.78, 5) is 27.7. The molecule has 0 bridgehead atoms. The summed E-state index contributed by atoms with van der Waals surface area (Å²) in [5, 5.41) is 0. The maximum atomic E-state index is 12.6. The van der Waals surface area contributed by atoms with Gasteiger partial charge in [-0.1, -0.05) is 26.0 Å². The minimum atomic E-state index is -0.322. The van der Waals surface area contributed by atoms with Crippen molar-refractivity contribution < 1.29 is 14.3 Å². The number of carbonyl (C=O) groups is 2. The van der Waals surface area contributed by atoms with E-state index in [9.17, 15) is 9.59 Å². The van der Waals surface area contributed by atoms with Crippen molar-refractivity contribution in [1.29, 1.82) is 0 Å². The SMILES string of the molecule is CCC(C)c1ccc(C(=O)N2CCCN(C(=O)OC)CC2)cc1. The average Bonchev–Trinajstić information content (AvgIpc) is 2.86. The largest absolute Gasteiger partial charge is 0.453 e. The van der Waals surface area contributed by atoms with Crippen LogP contribution in [-0.4, -0.2) is 55.1 Å². The number of ether oxygens (including phenoxy) is 1. The fraction of sp³-hybridized carbons (Fsp3) is 0.556. The van der Waals surface area contributed by atoms with E-state index < -0.39 is 0 Å². The number of nitrogens with zero attached hydrogens (tertiary/aromatic N) is 2. The number of rotatable bonds is 3. The molecule has 1 aromatic carbocycles. The molecule has 0 radical (unpaired) electrons. The Bertz CT molecular complexity index is 542. The standard InChI is InChI=1S/C18H26N2O3/c1-4-14(2)15-6-8-16(9-7-15)17(21)19-10-5-11-20(13-12-19)18(22)23-3/h6-9,14H,4-5,10-13H2,1-3H3. The van der Waals surface area contributed by atoms with Gasteiger partial charge in [0.2, 0.25) is 0 Å². The van der Waals surface area contributed by atoms with Crippen LogP contribution in [0, 0.1) is 0 Å². The van der Waals surface area contributed by atoms with Crippen LogP contribution in [0.25, 0.3) is 0 Å². The van der Waals surface area contributed by atoms with Gasteiger partial charge in [-0.25, -0.2) is 4.79 Å². The first kappa shape index (κ1) is 17.3. The van der Waals surface area contributed by atoms with Crippen molar-refractivity contribution in [2.24, 2.45) is 0 Å². The summed E-state index contributed by atoms with van der Waals surface area (Å²) < 4.78 is 4.76. The molecule has 5 heteroatoms. The summed E-state index contributed by atoms with van der Waals surface area (Å²) in [5.41, 5.74) is 1.97. The highest BCUT2D eigenvalue weighted by Gasteiger charge is 2.23. The highest BCUT2D eigenvalue weighted by Crippen LogP contribution is 2.19. The van der Waals surface area contributed by atoms with Gasteiger partial charge in [-0.2, -0.15) is 0 Å². The minimum absolute atomic E-state index is 0.0346. The van der Waals surface area contributed by atoms with E-state index in [2.05, 4.69) is 13.8 Å². The van der Waals surface area contributed by atoms with Gasteiger partial charge < -0.3 is 14.5 Å². The Balaban J connectivity index is 2.01. The van der Waals surface area contributed by atoms with Crippen molar-refractivity contribution in [3.05, 3.63) is 35.4 Å². The monoisotopic (exact) mass is 318 g/mol. The van der Waals surface area contributed by atoms with Crippen LogP contribution in [0.1, 0.15) is 48.5 Å². The molecule has 1 unspecified atom stereocenters. The first-order chi connectivity index (χ1) is 11.1. The Kier molecular flexibility index (Phi) is 6.02. The van der Waals surface area contributed by atoms with Gasteiger partial charge in [0.25, 0.3) is 5.91 Å². The third-order valence-electron chi connectivity index (χ3n) is 4.55. The van der Waals surface area contributed by atoms with Gasteiger partial charge in [0.05, 0.1) is 7.11 Å². The lowest BCUT2D eigenvalue weighted by atomic mass is 9.97. The summed E-state index contributed by atoms with van der Waals surface area (Å²) in [6.07, 6.45) is 1.53. The Hall–Kier alpha value is -2.04. The van der Waals surface area contributed by atoms with Crippen molar-refractivity contribution in [2.75, 3.05) is 33.3 Å². The van der Waals surface area contributed by atoms with Gasteiger partial charge in [0.1, 0.15) is 0 Å². The van der Waals surface area contributed by atoms with E-state index >= 15 is 0 Å². The summed E-state index contributed by atoms with van der Waals surface area (Å²) in [6.45, 7) is 6.70. The Morgan fingerprint density at radius 3 is 2.30 bits per heavy atom. The zero-order valence-electron chi connectivity index (χ0n) is 14.2. The van der Waals surface area contributed by atoms with Crippen molar-refractivity contribution in [3.63, 3.8) is 0 Å². The molecule has 2 rings (SSSR count). The summed E-state index contributed by atoms with van der Waals surface area (Å²) >= 11 is 0. The molecule has 1 aliphatic rings. The molecule has 1 aromatic rings. The van der Waals surface area contributed by atoms with Crippen LogP contribution in [0.2, 0.25) is 0 Å². The molecule has 0 aromatic heterocycles. The highest BCUT2D eigenvalue weighted by atomic mass is 16.5. The molecule has 0 saturated carbocycles. The van der Waals surface area contributed by atoms with Crippen LogP contribution in [0.4, 0.5) is 4.79 Å². The number of amides is 2. The van der Waals surface area contributed by atoms with Crippen LogP contribution >= 0.6 is 0 Å². The minimum Gasteiger partial charge on any atom is -0.453 e. The van der Waals surface area contributed by atoms with Gasteiger partial charge in [-0.3, -0.25) is 4.79 Å². The van der Waals surface area contributed by atoms with Crippen LogP contribution in [0.5, 0.6) is 0 Å². The second-order valence-electron chi connectivity index (χ2n) is 6.03. The summed E-state index contributed by atoms with van der Waals surface area (Å²) in [6, 6.07) is 7.90. The van der Waals surface area contributed by atoms with Crippen molar-refractivity contribution in [3.8, 4) is 0 Å². The predicted octanol–water partition coefficient (Wildman–Crippen LogP) is 3.11. The first-order valence-corrected chi connectivity index (χ1v) is 8.29. The molecule has 0 aliphatic carbocycles. The van der Waals surface area contributed by atoms with Gasteiger partial charge in [-0.15, -0.1) is 0 Å². The van der Waals surface area contributed by atoms with E-state index in [4.69, 9.17) is 4.74 Å². The quantitative estimate of drug-likeness (QED) is 0.860. The second-order valence-corrected chi connectivity index (χ2v) is 6.03. The first-order valence-electron chi connectivity index (χ1n) is 8.29. The molecule has 5 nitrogen and oxygen atoms in total. The van der Waals surface area contributed by atoms with Gasteiger partial charge in [0.15, 0.2) is 0 Å². The zero-order chi connectivity index (χ0) is 16.8. The highest BCUT2D eigenvalue weighted by molar-refractivity contribution is 5.94. The number of methoxy groups -OCH3 is 1. The van der Waals surface area contributed by atoms with E-state index in [1.54, 1.807) is 4.90 Å². The number of hydrogen-bond donors (Lipinski definition) is 0. The molecule has 0 spiro atoms. The fourth-order valence-electron chi connectivity index (χ4n) is 2.80. The van der Waals surface area contributed by atoms with Crippen LogP contribution in [0.15, 0.2) is 24.3 Å². The van der Waals surface area contributed by atoms with Crippen LogP contribution in [-0.2, 0) is 4.74 Å². The van der Waals surface area contributed by atoms with Crippen molar-refractivity contribution in [1.82, 2.24) is 9.80 Å². The number of carbonyl (C=O) groups excluding carboxylic acids is 2. The Morgan fingerprint density at radius 1 is 1.09 bits per heavy atom. The van der Waals surface area contributed by atoms with E-state index in [1.807, 2.05) is 29.2 Å². The molecular formula is C18H26N2O3.